The number of carbonyl (C=O) groups is 2. The first-order valence-electron chi connectivity index (χ1n) is 7.57. The maximum Gasteiger partial charge on any atom is 0.307 e. The van der Waals surface area contributed by atoms with Gasteiger partial charge in [0, 0.05) is 6.54 Å². The third-order valence-electron chi connectivity index (χ3n) is 3.63. The molecule has 1 aromatic rings. The van der Waals surface area contributed by atoms with Crippen molar-refractivity contribution < 1.29 is 28.5 Å². The molecule has 0 unspecified atom stereocenters. The number of methoxy groups -OCH3 is 4. The summed E-state index contributed by atoms with van der Waals surface area (Å²) in [5.41, 5.74) is 0.702. The predicted molar refractivity (Wildman–Crippen MR) is 103 cm³/mol. The van der Waals surface area contributed by atoms with Crippen molar-refractivity contribution in [1.82, 2.24) is 4.90 Å². The summed E-state index contributed by atoms with van der Waals surface area (Å²) in [5, 5.41) is 0. The smallest absolute Gasteiger partial charge is 0.307 e. The van der Waals surface area contributed by atoms with Gasteiger partial charge in [0.15, 0.2) is 11.5 Å². The molecular formula is C17H19NO6S2. The van der Waals surface area contributed by atoms with Crippen LogP contribution in [0.5, 0.6) is 17.2 Å². The van der Waals surface area contributed by atoms with Crippen LogP contribution in [0.4, 0.5) is 0 Å². The lowest BCUT2D eigenvalue weighted by Gasteiger charge is -2.13. The Hall–Kier alpha value is -2.26. The molecule has 1 aliphatic heterocycles. The van der Waals surface area contributed by atoms with Crippen molar-refractivity contribution in [3.05, 3.63) is 22.6 Å². The molecule has 0 atom stereocenters. The number of hydrogen-bond acceptors (Lipinski definition) is 8. The molecule has 1 saturated heterocycles. The monoisotopic (exact) mass is 397 g/mol. The van der Waals surface area contributed by atoms with Gasteiger partial charge in [0.1, 0.15) is 4.32 Å². The van der Waals surface area contributed by atoms with Crippen LogP contribution in [0.25, 0.3) is 6.08 Å². The van der Waals surface area contributed by atoms with E-state index in [2.05, 4.69) is 4.74 Å². The van der Waals surface area contributed by atoms with E-state index >= 15 is 0 Å². The summed E-state index contributed by atoms with van der Waals surface area (Å²) in [7, 11) is 5.87. The van der Waals surface area contributed by atoms with Gasteiger partial charge in [-0.25, -0.2) is 0 Å². The predicted octanol–water partition coefficient (Wildman–Crippen LogP) is 2.48. The number of thiocarbonyl (C=S) groups is 1. The van der Waals surface area contributed by atoms with E-state index in [0.717, 1.165) is 0 Å². The quantitative estimate of drug-likeness (QED) is 0.395. The van der Waals surface area contributed by atoms with Gasteiger partial charge in [-0.15, -0.1) is 0 Å². The van der Waals surface area contributed by atoms with E-state index in [1.165, 1.54) is 45.1 Å². The third-order valence-corrected chi connectivity index (χ3v) is 5.00. The average Bonchev–Trinajstić information content (AvgIpc) is 2.91. The number of hydrogen-bond donors (Lipinski definition) is 0. The van der Waals surface area contributed by atoms with Crippen molar-refractivity contribution in [1.29, 1.82) is 0 Å². The van der Waals surface area contributed by atoms with Gasteiger partial charge >= 0.3 is 5.97 Å². The van der Waals surface area contributed by atoms with E-state index in [9.17, 15) is 9.59 Å². The molecule has 0 N–H and O–H groups in total. The molecule has 0 aliphatic carbocycles. The summed E-state index contributed by atoms with van der Waals surface area (Å²) in [6, 6.07) is 3.48. The second-order valence-electron chi connectivity index (χ2n) is 5.12. The van der Waals surface area contributed by atoms with Crippen LogP contribution in [-0.2, 0) is 14.3 Å². The Kier molecular flexibility index (Phi) is 6.87. The number of carbonyl (C=O) groups excluding carboxylic acids is 2. The molecular weight excluding hydrogens is 378 g/mol. The highest BCUT2D eigenvalue weighted by atomic mass is 32.2. The Morgan fingerprint density at radius 1 is 1.15 bits per heavy atom. The summed E-state index contributed by atoms with van der Waals surface area (Å²) < 4.78 is 20.9. The normalized spacial score (nSPS) is 15.4. The van der Waals surface area contributed by atoms with E-state index in [1.807, 2.05) is 0 Å². The van der Waals surface area contributed by atoms with Gasteiger partial charge in [0.25, 0.3) is 5.91 Å². The fourth-order valence-corrected chi connectivity index (χ4v) is 3.64. The summed E-state index contributed by atoms with van der Waals surface area (Å²) in [6.45, 7) is 0.184. The van der Waals surface area contributed by atoms with Gasteiger partial charge in [-0.3, -0.25) is 14.5 Å². The van der Waals surface area contributed by atoms with Crippen LogP contribution >= 0.6 is 24.0 Å². The highest BCUT2D eigenvalue weighted by Gasteiger charge is 2.32. The fourth-order valence-electron chi connectivity index (χ4n) is 2.33. The lowest BCUT2D eigenvalue weighted by molar-refractivity contribution is -0.140. The Balaban J connectivity index is 2.28. The van der Waals surface area contributed by atoms with E-state index < -0.39 is 5.97 Å². The maximum atomic E-state index is 12.6. The Morgan fingerprint density at radius 2 is 1.77 bits per heavy atom. The molecule has 0 saturated carbocycles. The third kappa shape index (κ3) is 4.28. The van der Waals surface area contributed by atoms with Crippen LogP contribution in [0.3, 0.4) is 0 Å². The van der Waals surface area contributed by atoms with Gasteiger partial charge < -0.3 is 18.9 Å². The molecule has 2 rings (SSSR count). The molecule has 140 valence electrons. The zero-order chi connectivity index (χ0) is 19.3. The van der Waals surface area contributed by atoms with Crippen molar-refractivity contribution in [3.63, 3.8) is 0 Å². The second-order valence-corrected chi connectivity index (χ2v) is 6.79. The average molecular weight is 397 g/mol. The first-order valence-corrected chi connectivity index (χ1v) is 8.79. The number of amides is 1. The van der Waals surface area contributed by atoms with Gasteiger partial charge in [-0.2, -0.15) is 0 Å². The van der Waals surface area contributed by atoms with Gasteiger partial charge in [0.2, 0.25) is 5.75 Å². The standard InChI is InChI=1S/C17H19NO6S2/c1-21-11-7-10(8-12(22-2)15(11)24-4)9-13-16(20)18(17(25)26-13)6-5-14(19)23-3/h7-9H,5-6H2,1-4H3/b13-9+. The number of esters is 1. The molecule has 26 heavy (non-hydrogen) atoms. The summed E-state index contributed by atoms with van der Waals surface area (Å²) in [6.07, 6.45) is 1.78. The maximum absolute atomic E-state index is 12.6. The number of benzene rings is 1. The van der Waals surface area contributed by atoms with Crippen LogP contribution < -0.4 is 14.2 Å². The SMILES string of the molecule is COC(=O)CCN1C(=O)/C(=C\c2cc(OC)c(OC)c(OC)c2)SC1=S. The van der Waals surface area contributed by atoms with Crippen molar-refractivity contribution in [2.24, 2.45) is 0 Å². The topological polar surface area (TPSA) is 74.3 Å². The Morgan fingerprint density at radius 3 is 2.27 bits per heavy atom. The number of thioether (sulfide) groups is 1. The van der Waals surface area contributed by atoms with E-state index in [1.54, 1.807) is 18.2 Å². The van der Waals surface area contributed by atoms with Gasteiger partial charge in [0.05, 0.1) is 39.8 Å². The molecule has 9 heteroatoms. The molecule has 1 amide bonds. The van der Waals surface area contributed by atoms with E-state index in [4.69, 9.17) is 26.4 Å². The van der Waals surface area contributed by atoms with Crippen LogP contribution in [0, 0.1) is 0 Å². The van der Waals surface area contributed by atoms with Crippen LogP contribution in [-0.4, -0.2) is 56.1 Å². The van der Waals surface area contributed by atoms with Crippen molar-refractivity contribution in [2.75, 3.05) is 35.0 Å². The lowest BCUT2D eigenvalue weighted by Crippen LogP contribution is -2.30. The Labute approximate surface area is 161 Å². The minimum atomic E-state index is -0.396. The van der Waals surface area contributed by atoms with Crippen LogP contribution in [0.2, 0.25) is 0 Å². The number of rotatable bonds is 7. The highest BCUT2D eigenvalue weighted by molar-refractivity contribution is 8.26. The van der Waals surface area contributed by atoms with Crippen molar-refractivity contribution in [3.8, 4) is 17.2 Å². The summed E-state index contributed by atoms with van der Waals surface area (Å²) in [4.78, 5) is 25.7. The van der Waals surface area contributed by atoms with Crippen LogP contribution in [0.1, 0.15) is 12.0 Å². The molecule has 7 nitrogen and oxygen atoms in total. The zero-order valence-electron chi connectivity index (χ0n) is 14.9. The second kappa shape index (κ2) is 8.91. The molecule has 0 spiro atoms. The molecule has 1 fully saturated rings. The zero-order valence-corrected chi connectivity index (χ0v) is 16.5. The van der Waals surface area contributed by atoms with Crippen molar-refractivity contribution >= 4 is 46.3 Å². The summed E-state index contributed by atoms with van der Waals surface area (Å²) >= 11 is 6.42. The lowest BCUT2D eigenvalue weighted by atomic mass is 10.1. The van der Waals surface area contributed by atoms with Crippen molar-refractivity contribution in [2.45, 2.75) is 6.42 Å². The molecule has 0 radical (unpaired) electrons. The largest absolute Gasteiger partial charge is 0.493 e. The molecule has 0 bridgehead atoms. The van der Waals surface area contributed by atoms with E-state index in [0.29, 0.717) is 32.0 Å². The molecule has 1 aliphatic rings. The molecule has 1 aromatic carbocycles. The number of nitrogens with zero attached hydrogens (tertiary/aromatic N) is 1. The Bertz CT molecular complexity index is 737. The fraction of sp³-hybridized carbons (Fsp3) is 0.353. The highest BCUT2D eigenvalue weighted by Crippen LogP contribution is 2.40. The summed E-state index contributed by atoms with van der Waals surface area (Å²) in [5.74, 6) is 0.793. The first-order chi connectivity index (χ1) is 12.4. The number of ether oxygens (including phenoxy) is 4. The molecule has 1 heterocycles. The van der Waals surface area contributed by atoms with Gasteiger partial charge in [-0.1, -0.05) is 24.0 Å². The van der Waals surface area contributed by atoms with E-state index in [-0.39, 0.29) is 18.9 Å². The van der Waals surface area contributed by atoms with Crippen LogP contribution in [0.15, 0.2) is 17.0 Å². The minimum absolute atomic E-state index is 0.0837. The van der Waals surface area contributed by atoms with Gasteiger partial charge in [-0.05, 0) is 23.8 Å². The molecule has 0 aromatic heterocycles. The first kappa shape index (κ1) is 20.1. The minimum Gasteiger partial charge on any atom is -0.493 e.